The SMILES string of the molecule is CCNC(=O)NC(=O)[C@@H](C)SC1=N/C(=C\c2ccco2)C(=O)N1c1ccc(OC)c(Cl)c1. The Morgan fingerprint density at radius 3 is 2.78 bits per heavy atom. The second-order valence-electron chi connectivity index (χ2n) is 6.51. The summed E-state index contributed by atoms with van der Waals surface area (Å²) in [6.45, 7) is 3.74. The number of aliphatic imine (C=N–C) groups is 1. The van der Waals surface area contributed by atoms with Crippen molar-refractivity contribution < 1.29 is 23.5 Å². The first-order valence-corrected chi connectivity index (χ1v) is 10.9. The van der Waals surface area contributed by atoms with Gasteiger partial charge in [0.15, 0.2) is 5.17 Å². The lowest BCUT2D eigenvalue weighted by molar-refractivity contribution is -0.119. The number of nitrogens with one attached hydrogen (secondary N) is 2. The van der Waals surface area contributed by atoms with Gasteiger partial charge < -0.3 is 14.5 Å². The Bertz CT molecular complexity index is 1080. The van der Waals surface area contributed by atoms with E-state index < -0.39 is 23.1 Å². The fraction of sp³-hybridized carbons (Fsp3) is 0.238. The van der Waals surface area contributed by atoms with Gasteiger partial charge in [-0.1, -0.05) is 23.4 Å². The van der Waals surface area contributed by atoms with Gasteiger partial charge in [-0.05, 0) is 44.2 Å². The molecule has 0 bridgehead atoms. The van der Waals surface area contributed by atoms with E-state index in [-0.39, 0.29) is 10.9 Å². The number of urea groups is 1. The zero-order valence-electron chi connectivity index (χ0n) is 17.5. The average Bonchev–Trinajstić information content (AvgIpc) is 3.36. The lowest BCUT2D eigenvalue weighted by atomic mass is 10.2. The lowest BCUT2D eigenvalue weighted by Crippen LogP contribution is -2.43. The number of methoxy groups -OCH3 is 1. The highest BCUT2D eigenvalue weighted by Gasteiger charge is 2.35. The number of halogens is 1. The number of furan rings is 1. The maximum atomic E-state index is 13.2. The van der Waals surface area contributed by atoms with Crippen molar-refractivity contribution >= 4 is 58.1 Å². The molecule has 1 aromatic heterocycles. The largest absolute Gasteiger partial charge is 0.495 e. The van der Waals surface area contributed by atoms with Crippen molar-refractivity contribution in [2.45, 2.75) is 19.1 Å². The third-order valence-electron chi connectivity index (χ3n) is 4.27. The van der Waals surface area contributed by atoms with Crippen LogP contribution in [0.3, 0.4) is 0 Å². The second-order valence-corrected chi connectivity index (χ2v) is 8.22. The molecule has 0 radical (unpaired) electrons. The minimum atomic E-state index is -0.719. The van der Waals surface area contributed by atoms with Crippen LogP contribution in [0.15, 0.2) is 51.7 Å². The monoisotopic (exact) mass is 476 g/mol. The van der Waals surface area contributed by atoms with E-state index in [4.69, 9.17) is 20.8 Å². The third kappa shape index (κ3) is 5.32. The van der Waals surface area contributed by atoms with Crippen LogP contribution >= 0.6 is 23.4 Å². The summed E-state index contributed by atoms with van der Waals surface area (Å²) in [5.41, 5.74) is 0.581. The first kappa shape index (κ1) is 23.4. The molecule has 9 nitrogen and oxygen atoms in total. The number of anilines is 1. The number of benzene rings is 1. The van der Waals surface area contributed by atoms with Gasteiger partial charge >= 0.3 is 6.03 Å². The fourth-order valence-corrected chi connectivity index (χ4v) is 3.91. The molecule has 11 heteroatoms. The predicted octanol–water partition coefficient (Wildman–Crippen LogP) is 3.65. The molecule has 2 N–H and O–H groups in total. The van der Waals surface area contributed by atoms with Crippen molar-refractivity contribution in [1.29, 1.82) is 0 Å². The zero-order valence-corrected chi connectivity index (χ0v) is 19.1. The molecule has 2 heterocycles. The maximum absolute atomic E-state index is 13.2. The molecule has 2 aromatic rings. The van der Waals surface area contributed by atoms with Crippen LogP contribution in [-0.2, 0) is 9.59 Å². The molecule has 0 unspecified atom stereocenters. The van der Waals surface area contributed by atoms with Gasteiger partial charge in [0.25, 0.3) is 5.91 Å². The molecular formula is C21H21ClN4O5S. The Labute approximate surface area is 193 Å². The molecule has 0 spiro atoms. The van der Waals surface area contributed by atoms with Crippen LogP contribution in [0.4, 0.5) is 10.5 Å². The average molecular weight is 477 g/mol. The Balaban J connectivity index is 1.91. The molecule has 1 aliphatic heterocycles. The topological polar surface area (TPSA) is 113 Å². The standard InChI is InChI=1S/C21H21ClN4O5S/c1-4-23-20(29)25-18(27)12(2)32-21-24-16(11-14-6-5-9-31-14)19(28)26(21)13-7-8-17(30-3)15(22)10-13/h5-12H,4H2,1-3H3,(H2,23,25,27,29)/b16-11-/t12-/m1/s1. The van der Waals surface area contributed by atoms with Gasteiger partial charge in [-0.2, -0.15) is 0 Å². The van der Waals surface area contributed by atoms with Crippen LogP contribution in [0.1, 0.15) is 19.6 Å². The van der Waals surface area contributed by atoms with Gasteiger partial charge in [0, 0.05) is 12.6 Å². The second kappa shape index (κ2) is 10.4. The van der Waals surface area contributed by atoms with Crippen molar-refractivity contribution in [3.8, 4) is 5.75 Å². The normalized spacial score (nSPS) is 15.5. The van der Waals surface area contributed by atoms with E-state index in [1.807, 2.05) is 0 Å². The summed E-state index contributed by atoms with van der Waals surface area (Å²) in [4.78, 5) is 43.0. The van der Waals surface area contributed by atoms with Gasteiger partial charge in [0.2, 0.25) is 5.91 Å². The number of nitrogens with zero attached hydrogens (tertiary/aromatic N) is 2. The summed E-state index contributed by atoms with van der Waals surface area (Å²) >= 11 is 7.28. The minimum Gasteiger partial charge on any atom is -0.495 e. The number of carbonyl (C=O) groups excluding carboxylic acids is 3. The first-order chi connectivity index (χ1) is 15.3. The summed E-state index contributed by atoms with van der Waals surface area (Å²) in [6, 6.07) is 7.66. The van der Waals surface area contributed by atoms with Crippen molar-refractivity contribution in [1.82, 2.24) is 10.6 Å². The highest BCUT2D eigenvalue weighted by atomic mass is 35.5. The molecule has 4 amide bonds. The maximum Gasteiger partial charge on any atom is 0.321 e. The Kier molecular flexibility index (Phi) is 7.60. The Hall–Kier alpha value is -3.24. The van der Waals surface area contributed by atoms with E-state index in [9.17, 15) is 14.4 Å². The van der Waals surface area contributed by atoms with E-state index in [0.717, 1.165) is 11.8 Å². The number of ether oxygens (including phenoxy) is 1. The van der Waals surface area contributed by atoms with E-state index >= 15 is 0 Å². The van der Waals surface area contributed by atoms with Crippen molar-refractivity contribution in [2.75, 3.05) is 18.6 Å². The van der Waals surface area contributed by atoms with Crippen molar-refractivity contribution in [3.05, 3.63) is 53.1 Å². The molecule has 3 rings (SSSR count). The lowest BCUT2D eigenvalue weighted by Gasteiger charge is -2.20. The molecule has 0 fully saturated rings. The molecular weight excluding hydrogens is 456 g/mol. The quantitative estimate of drug-likeness (QED) is 0.615. The number of carbonyl (C=O) groups is 3. The number of thioether (sulfide) groups is 1. The van der Waals surface area contributed by atoms with Gasteiger partial charge in [-0.15, -0.1) is 0 Å². The van der Waals surface area contributed by atoms with Gasteiger partial charge in [-0.25, -0.2) is 9.79 Å². The Morgan fingerprint density at radius 2 is 2.16 bits per heavy atom. The minimum absolute atomic E-state index is 0.130. The predicted molar refractivity (Wildman–Crippen MR) is 124 cm³/mol. The van der Waals surface area contributed by atoms with E-state index in [1.54, 1.807) is 44.2 Å². The molecule has 0 saturated carbocycles. The number of rotatable bonds is 6. The third-order valence-corrected chi connectivity index (χ3v) is 5.62. The van der Waals surface area contributed by atoms with Gasteiger partial charge in [0.1, 0.15) is 17.2 Å². The van der Waals surface area contributed by atoms with Crippen LogP contribution in [0.2, 0.25) is 5.02 Å². The molecule has 0 saturated heterocycles. The van der Waals surface area contributed by atoms with Crippen LogP contribution in [-0.4, -0.2) is 41.9 Å². The number of hydrogen-bond acceptors (Lipinski definition) is 7. The highest BCUT2D eigenvalue weighted by molar-refractivity contribution is 8.15. The smallest absolute Gasteiger partial charge is 0.321 e. The summed E-state index contributed by atoms with van der Waals surface area (Å²) < 4.78 is 10.5. The van der Waals surface area contributed by atoms with Crippen LogP contribution < -0.4 is 20.3 Å². The number of imide groups is 1. The van der Waals surface area contributed by atoms with E-state index in [0.29, 0.717) is 28.8 Å². The molecule has 168 valence electrons. The highest BCUT2D eigenvalue weighted by Crippen LogP contribution is 2.35. The van der Waals surface area contributed by atoms with Gasteiger partial charge in [-0.3, -0.25) is 19.8 Å². The molecule has 1 aliphatic rings. The summed E-state index contributed by atoms with van der Waals surface area (Å²) in [7, 11) is 1.49. The van der Waals surface area contributed by atoms with Crippen LogP contribution in [0, 0.1) is 0 Å². The van der Waals surface area contributed by atoms with Crippen LogP contribution in [0.25, 0.3) is 6.08 Å². The summed E-state index contributed by atoms with van der Waals surface area (Å²) in [5.74, 6) is -0.0268. The number of amides is 4. The summed E-state index contributed by atoms with van der Waals surface area (Å²) in [5, 5.41) is 4.60. The first-order valence-electron chi connectivity index (χ1n) is 9.61. The fourth-order valence-electron chi connectivity index (χ4n) is 2.74. The molecule has 1 atom stereocenters. The van der Waals surface area contributed by atoms with E-state index in [1.165, 1.54) is 24.3 Å². The molecule has 32 heavy (non-hydrogen) atoms. The zero-order chi connectivity index (χ0) is 23.3. The summed E-state index contributed by atoms with van der Waals surface area (Å²) in [6.07, 6.45) is 2.99. The van der Waals surface area contributed by atoms with Gasteiger partial charge in [0.05, 0.1) is 29.3 Å². The number of amidine groups is 1. The number of hydrogen-bond donors (Lipinski definition) is 2. The molecule has 0 aliphatic carbocycles. The van der Waals surface area contributed by atoms with Crippen molar-refractivity contribution in [2.24, 2.45) is 4.99 Å². The van der Waals surface area contributed by atoms with Crippen LogP contribution in [0.5, 0.6) is 5.75 Å². The van der Waals surface area contributed by atoms with E-state index in [2.05, 4.69) is 15.6 Å². The molecule has 1 aromatic carbocycles. The Morgan fingerprint density at radius 1 is 1.38 bits per heavy atom. The van der Waals surface area contributed by atoms with Crippen molar-refractivity contribution in [3.63, 3.8) is 0 Å².